The summed E-state index contributed by atoms with van der Waals surface area (Å²) in [7, 11) is 0. The van der Waals surface area contributed by atoms with Gasteiger partial charge in [0.2, 0.25) is 0 Å². The molecule has 2 N–H and O–H groups in total. The van der Waals surface area contributed by atoms with E-state index in [1.807, 2.05) is 0 Å². The van der Waals surface area contributed by atoms with Crippen molar-refractivity contribution in [1.82, 2.24) is 0 Å². The maximum atomic E-state index is 5.59. The minimum absolute atomic E-state index is 0.899. The molecular formula is C12H25N. The van der Waals surface area contributed by atoms with E-state index in [9.17, 15) is 0 Å². The number of hydrogen-bond donors (Lipinski definition) is 1. The van der Waals surface area contributed by atoms with Crippen molar-refractivity contribution in [2.24, 2.45) is 17.6 Å². The molecule has 0 amide bonds. The van der Waals surface area contributed by atoms with Crippen molar-refractivity contribution < 1.29 is 0 Å². The van der Waals surface area contributed by atoms with E-state index in [4.69, 9.17) is 5.73 Å². The molecule has 0 heterocycles. The Morgan fingerprint density at radius 2 is 1.69 bits per heavy atom. The SMILES string of the molecule is CCCCCCCCC1CC1CN. The van der Waals surface area contributed by atoms with E-state index in [-0.39, 0.29) is 0 Å². The fraction of sp³-hybridized carbons (Fsp3) is 1.00. The zero-order valence-corrected chi connectivity index (χ0v) is 9.10. The molecular weight excluding hydrogens is 158 g/mol. The van der Waals surface area contributed by atoms with E-state index in [1.54, 1.807) is 0 Å². The average molecular weight is 183 g/mol. The van der Waals surface area contributed by atoms with Gasteiger partial charge in [-0.2, -0.15) is 0 Å². The summed E-state index contributed by atoms with van der Waals surface area (Å²) >= 11 is 0. The molecule has 0 aromatic carbocycles. The van der Waals surface area contributed by atoms with Crippen LogP contribution in [0.5, 0.6) is 0 Å². The van der Waals surface area contributed by atoms with E-state index >= 15 is 0 Å². The molecule has 1 aliphatic carbocycles. The molecule has 78 valence electrons. The molecule has 1 nitrogen and oxygen atoms in total. The molecule has 2 atom stereocenters. The van der Waals surface area contributed by atoms with E-state index in [0.717, 1.165) is 18.4 Å². The monoisotopic (exact) mass is 183 g/mol. The van der Waals surface area contributed by atoms with E-state index < -0.39 is 0 Å². The van der Waals surface area contributed by atoms with Gasteiger partial charge < -0.3 is 5.73 Å². The minimum atomic E-state index is 0.899. The topological polar surface area (TPSA) is 26.0 Å². The second-order valence-corrected chi connectivity index (χ2v) is 4.55. The fourth-order valence-corrected chi connectivity index (χ4v) is 2.14. The predicted octanol–water partition coefficient (Wildman–Crippen LogP) is 3.33. The largest absolute Gasteiger partial charge is 0.330 e. The van der Waals surface area contributed by atoms with Crippen LogP contribution in [0.1, 0.15) is 58.3 Å². The molecule has 2 unspecified atom stereocenters. The van der Waals surface area contributed by atoms with Crippen molar-refractivity contribution in [1.29, 1.82) is 0 Å². The Morgan fingerprint density at radius 1 is 1.00 bits per heavy atom. The Labute approximate surface area is 83.1 Å². The summed E-state index contributed by atoms with van der Waals surface area (Å²) in [5, 5.41) is 0. The number of rotatable bonds is 8. The fourth-order valence-electron chi connectivity index (χ4n) is 2.14. The van der Waals surface area contributed by atoms with Crippen LogP contribution in [0.3, 0.4) is 0 Å². The summed E-state index contributed by atoms with van der Waals surface area (Å²) in [6, 6.07) is 0. The molecule has 1 aliphatic rings. The standard InChI is InChI=1S/C12H25N/c1-2-3-4-5-6-7-8-11-9-12(11)10-13/h11-12H,2-10,13H2,1H3. The quantitative estimate of drug-likeness (QED) is 0.574. The average Bonchev–Trinajstić information content (AvgIpc) is 2.90. The first-order valence-electron chi connectivity index (χ1n) is 6.08. The molecule has 0 aromatic heterocycles. The first kappa shape index (κ1) is 11.0. The van der Waals surface area contributed by atoms with Gasteiger partial charge in [-0.15, -0.1) is 0 Å². The molecule has 0 aromatic rings. The Kier molecular flexibility index (Phi) is 5.45. The lowest BCUT2D eigenvalue weighted by molar-refractivity contribution is 0.550. The van der Waals surface area contributed by atoms with Gasteiger partial charge in [-0.25, -0.2) is 0 Å². The van der Waals surface area contributed by atoms with Crippen molar-refractivity contribution in [3.63, 3.8) is 0 Å². The van der Waals surface area contributed by atoms with Crippen molar-refractivity contribution >= 4 is 0 Å². The van der Waals surface area contributed by atoms with Crippen LogP contribution in [-0.2, 0) is 0 Å². The summed E-state index contributed by atoms with van der Waals surface area (Å²) in [4.78, 5) is 0. The highest BCUT2D eigenvalue weighted by molar-refractivity contribution is 4.86. The first-order valence-corrected chi connectivity index (χ1v) is 6.08. The normalized spacial score (nSPS) is 26.3. The van der Waals surface area contributed by atoms with E-state index in [0.29, 0.717) is 0 Å². The number of unbranched alkanes of at least 4 members (excludes halogenated alkanes) is 5. The van der Waals surface area contributed by atoms with Gasteiger partial charge >= 0.3 is 0 Å². The smallest absolute Gasteiger partial charge is 0.00461 e. The zero-order chi connectivity index (χ0) is 9.52. The molecule has 0 aliphatic heterocycles. The van der Waals surface area contributed by atoms with Gasteiger partial charge in [0.25, 0.3) is 0 Å². The predicted molar refractivity (Wildman–Crippen MR) is 58.6 cm³/mol. The summed E-state index contributed by atoms with van der Waals surface area (Å²) in [5.74, 6) is 1.91. The summed E-state index contributed by atoms with van der Waals surface area (Å²) in [6.45, 7) is 3.20. The van der Waals surface area contributed by atoms with Crippen LogP contribution in [0.15, 0.2) is 0 Å². The highest BCUT2D eigenvalue weighted by Crippen LogP contribution is 2.41. The molecule has 13 heavy (non-hydrogen) atoms. The Balaban J connectivity index is 1.75. The van der Waals surface area contributed by atoms with Gasteiger partial charge in [0, 0.05) is 0 Å². The van der Waals surface area contributed by atoms with Crippen LogP contribution in [0.4, 0.5) is 0 Å². The Bertz CT molecular complexity index is 122. The van der Waals surface area contributed by atoms with Crippen LogP contribution in [0.2, 0.25) is 0 Å². The third kappa shape index (κ3) is 4.66. The van der Waals surface area contributed by atoms with Gasteiger partial charge in [0.15, 0.2) is 0 Å². The van der Waals surface area contributed by atoms with Gasteiger partial charge in [0.05, 0.1) is 0 Å². The van der Waals surface area contributed by atoms with Gasteiger partial charge in [-0.3, -0.25) is 0 Å². The maximum Gasteiger partial charge on any atom is -0.00461 e. The highest BCUT2D eigenvalue weighted by Gasteiger charge is 2.34. The molecule has 1 fully saturated rings. The van der Waals surface area contributed by atoms with Crippen LogP contribution in [-0.4, -0.2) is 6.54 Å². The molecule has 1 saturated carbocycles. The summed E-state index contributed by atoms with van der Waals surface area (Å²) in [6.07, 6.45) is 11.5. The van der Waals surface area contributed by atoms with Crippen molar-refractivity contribution in [2.45, 2.75) is 58.3 Å². The lowest BCUT2D eigenvalue weighted by atomic mass is 10.1. The second kappa shape index (κ2) is 6.42. The third-order valence-electron chi connectivity index (χ3n) is 3.30. The van der Waals surface area contributed by atoms with Crippen LogP contribution >= 0.6 is 0 Å². The molecule has 1 heteroatoms. The van der Waals surface area contributed by atoms with Gasteiger partial charge in [-0.05, 0) is 24.8 Å². The van der Waals surface area contributed by atoms with Crippen LogP contribution in [0.25, 0.3) is 0 Å². The van der Waals surface area contributed by atoms with Crippen LogP contribution < -0.4 is 5.73 Å². The highest BCUT2D eigenvalue weighted by atomic mass is 14.6. The van der Waals surface area contributed by atoms with Crippen molar-refractivity contribution in [2.75, 3.05) is 6.54 Å². The Morgan fingerprint density at radius 3 is 2.31 bits per heavy atom. The molecule has 0 radical (unpaired) electrons. The number of nitrogens with two attached hydrogens (primary N) is 1. The summed E-state index contributed by atoms with van der Waals surface area (Å²) < 4.78 is 0. The molecule has 0 saturated heterocycles. The lowest BCUT2D eigenvalue weighted by Crippen LogP contribution is -2.02. The minimum Gasteiger partial charge on any atom is -0.330 e. The molecule has 1 rings (SSSR count). The van der Waals surface area contributed by atoms with Crippen molar-refractivity contribution in [3.05, 3.63) is 0 Å². The molecule has 0 spiro atoms. The van der Waals surface area contributed by atoms with Gasteiger partial charge in [0.1, 0.15) is 0 Å². The van der Waals surface area contributed by atoms with Crippen LogP contribution in [0, 0.1) is 11.8 Å². The van der Waals surface area contributed by atoms with E-state index in [1.165, 1.54) is 51.4 Å². The third-order valence-corrected chi connectivity index (χ3v) is 3.30. The summed E-state index contributed by atoms with van der Waals surface area (Å²) in [5.41, 5.74) is 5.59. The van der Waals surface area contributed by atoms with Gasteiger partial charge in [-0.1, -0.05) is 51.9 Å². The molecule has 0 bridgehead atoms. The maximum absolute atomic E-state index is 5.59. The van der Waals surface area contributed by atoms with Crippen molar-refractivity contribution in [3.8, 4) is 0 Å². The lowest BCUT2D eigenvalue weighted by Gasteiger charge is -2.00. The van der Waals surface area contributed by atoms with E-state index in [2.05, 4.69) is 6.92 Å². The Hall–Kier alpha value is -0.0400. The number of hydrogen-bond acceptors (Lipinski definition) is 1. The zero-order valence-electron chi connectivity index (χ0n) is 9.10. The second-order valence-electron chi connectivity index (χ2n) is 4.55. The first-order chi connectivity index (χ1) is 6.38.